The largest absolute Gasteiger partial charge is 0.496 e. The molecule has 0 radical (unpaired) electrons. The van der Waals surface area contributed by atoms with Crippen LogP contribution in [0.4, 0.5) is 4.39 Å². The number of nitrogens with zero attached hydrogens (tertiary/aromatic N) is 1. The molecule has 0 amide bonds. The Morgan fingerprint density at radius 3 is 2.25 bits per heavy atom. The quantitative estimate of drug-likeness (QED) is 0.535. The molecule has 28 heavy (non-hydrogen) atoms. The SMILES string of the molecule is CCNC(=NCc1ccc(C)c(F)c1)NCc1cc(OC)c(OC)cc1OC. The van der Waals surface area contributed by atoms with Crippen molar-refractivity contribution in [2.24, 2.45) is 4.99 Å². The Labute approximate surface area is 165 Å². The fourth-order valence-corrected chi connectivity index (χ4v) is 2.66. The lowest BCUT2D eigenvalue weighted by Crippen LogP contribution is -2.36. The summed E-state index contributed by atoms with van der Waals surface area (Å²) in [5.41, 5.74) is 2.33. The average Bonchev–Trinajstić information content (AvgIpc) is 2.71. The molecule has 0 saturated heterocycles. The van der Waals surface area contributed by atoms with Gasteiger partial charge in [0.1, 0.15) is 11.6 Å². The van der Waals surface area contributed by atoms with Gasteiger partial charge in [-0.05, 0) is 37.1 Å². The van der Waals surface area contributed by atoms with Crippen molar-refractivity contribution in [2.45, 2.75) is 26.9 Å². The second kappa shape index (κ2) is 10.4. The maximum atomic E-state index is 13.7. The zero-order valence-electron chi connectivity index (χ0n) is 17.1. The summed E-state index contributed by atoms with van der Waals surface area (Å²) < 4.78 is 29.9. The number of guanidine groups is 1. The van der Waals surface area contributed by atoms with Crippen LogP contribution in [0, 0.1) is 12.7 Å². The summed E-state index contributed by atoms with van der Waals surface area (Å²) in [7, 11) is 4.78. The molecule has 0 bridgehead atoms. The van der Waals surface area contributed by atoms with Gasteiger partial charge in [0.05, 0.1) is 27.9 Å². The van der Waals surface area contributed by atoms with E-state index in [2.05, 4.69) is 15.6 Å². The summed E-state index contributed by atoms with van der Waals surface area (Å²) in [6, 6.07) is 8.80. The van der Waals surface area contributed by atoms with Crippen LogP contribution in [0.3, 0.4) is 0 Å². The van der Waals surface area contributed by atoms with Crippen molar-refractivity contribution in [2.75, 3.05) is 27.9 Å². The third-order valence-corrected chi connectivity index (χ3v) is 4.23. The van der Waals surface area contributed by atoms with Crippen LogP contribution >= 0.6 is 0 Å². The molecule has 2 rings (SSSR count). The highest BCUT2D eigenvalue weighted by Gasteiger charge is 2.12. The van der Waals surface area contributed by atoms with Crippen LogP contribution in [0.5, 0.6) is 17.2 Å². The number of aliphatic imine (C=N–C) groups is 1. The monoisotopic (exact) mass is 389 g/mol. The fraction of sp³-hybridized carbons (Fsp3) is 0.381. The van der Waals surface area contributed by atoms with Crippen molar-refractivity contribution in [3.8, 4) is 17.2 Å². The van der Waals surface area contributed by atoms with E-state index in [1.807, 2.05) is 19.1 Å². The normalized spacial score (nSPS) is 11.1. The Bertz CT molecular complexity index is 825. The van der Waals surface area contributed by atoms with Crippen LogP contribution in [0.2, 0.25) is 0 Å². The summed E-state index contributed by atoms with van der Waals surface area (Å²) in [6.45, 7) is 5.27. The van der Waals surface area contributed by atoms with Crippen molar-refractivity contribution in [3.63, 3.8) is 0 Å². The number of nitrogens with one attached hydrogen (secondary N) is 2. The number of aryl methyl sites for hydroxylation is 1. The Morgan fingerprint density at radius 1 is 0.964 bits per heavy atom. The first-order chi connectivity index (χ1) is 13.5. The molecule has 0 atom stereocenters. The van der Waals surface area contributed by atoms with Crippen LogP contribution in [0.1, 0.15) is 23.6 Å². The molecule has 0 aromatic heterocycles. The number of methoxy groups -OCH3 is 3. The number of rotatable bonds is 8. The minimum Gasteiger partial charge on any atom is -0.496 e. The molecule has 0 aliphatic rings. The fourth-order valence-electron chi connectivity index (χ4n) is 2.66. The molecule has 7 heteroatoms. The molecule has 0 aliphatic heterocycles. The topological polar surface area (TPSA) is 64.1 Å². The molecular formula is C21H28FN3O3. The third kappa shape index (κ3) is 5.52. The van der Waals surface area contributed by atoms with Crippen molar-refractivity contribution in [1.29, 1.82) is 0 Å². The van der Waals surface area contributed by atoms with E-state index >= 15 is 0 Å². The first kappa shape index (κ1) is 21.3. The molecule has 2 N–H and O–H groups in total. The molecule has 0 aliphatic carbocycles. The van der Waals surface area contributed by atoms with Crippen molar-refractivity contribution < 1.29 is 18.6 Å². The molecule has 0 fully saturated rings. The van der Waals surface area contributed by atoms with Gasteiger partial charge >= 0.3 is 0 Å². The van der Waals surface area contributed by atoms with Gasteiger partial charge in [-0.15, -0.1) is 0 Å². The predicted molar refractivity (Wildman–Crippen MR) is 109 cm³/mol. The summed E-state index contributed by atoms with van der Waals surface area (Å²) in [5.74, 6) is 2.31. The first-order valence-corrected chi connectivity index (χ1v) is 9.08. The predicted octanol–water partition coefficient (Wildman–Crippen LogP) is 3.42. The Morgan fingerprint density at radius 2 is 1.64 bits per heavy atom. The van der Waals surface area contributed by atoms with Gasteiger partial charge < -0.3 is 24.8 Å². The van der Waals surface area contributed by atoms with Gasteiger partial charge in [-0.1, -0.05) is 12.1 Å². The van der Waals surface area contributed by atoms with Gasteiger partial charge in [0.25, 0.3) is 0 Å². The molecule has 2 aromatic rings. The highest BCUT2D eigenvalue weighted by atomic mass is 19.1. The van der Waals surface area contributed by atoms with Gasteiger partial charge in [0.15, 0.2) is 17.5 Å². The zero-order valence-corrected chi connectivity index (χ0v) is 17.1. The molecule has 0 unspecified atom stereocenters. The van der Waals surface area contributed by atoms with Crippen molar-refractivity contribution in [1.82, 2.24) is 10.6 Å². The molecule has 0 heterocycles. The third-order valence-electron chi connectivity index (χ3n) is 4.23. The molecular weight excluding hydrogens is 361 g/mol. The minimum atomic E-state index is -0.222. The molecule has 2 aromatic carbocycles. The number of hydrogen-bond donors (Lipinski definition) is 2. The summed E-state index contributed by atoms with van der Waals surface area (Å²) >= 11 is 0. The summed E-state index contributed by atoms with van der Waals surface area (Å²) in [4.78, 5) is 4.53. The Kier molecular flexibility index (Phi) is 7.92. The standard InChI is InChI=1S/C21H28FN3O3/c1-6-23-21(24-12-15-8-7-14(2)17(22)9-15)25-13-16-10-19(27-4)20(28-5)11-18(16)26-3/h7-11H,6,12-13H2,1-5H3,(H2,23,24,25). The smallest absolute Gasteiger partial charge is 0.191 e. The number of benzene rings is 2. The van der Waals surface area contributed by atoms with E-state index in [-0.39, 0.29) is 5.82 Å². The maximum Gasteiger partial charge on any atom is 0.191 e. The first-order valence-electron chi connectivity index (χ1n) is 9.08. The van der Waals surface area contributed by atoms with E-state index in [1.54, 1.807) is 40.4 Å². The molecule has 0 spiro atoms. The Hall–Kier alpha value is -2.96. The van der Waals surface area contributed by atoms with Crippen molar-refractivity contribution >= 4 is 5.96 Å². The van der Waals surface area contributed by atoms with E-state index in [4.69, 9.17) is 14.2 Å². The van der Waals surface area contributed by atoms with E-state index in [1.165, 1.54) is 6.07 Å². The second-order valence-corrected chi connectivity index (χ2v) is 6.15. The van der Waals surface area contributed by atoms with Gasteiger partial charge in [-0.3, -0.25) is 0 Å². The van der Waals surface area contributed by atoms with Crippen molar-refractivity contribution in [3.05, 3.63) is 52.8 Å². The highest BCUT2D eigenvalue weighted by molar-refractivity contribution is 5.79. The maximum absolute atomic E-state index is 13.7. The van der Waals surface area contributed by atoms with E-state index in [9.17, 15) is 4.39 Å². The lowest BCUT2D eigenvalue weighted by atomic mass is 10.1. The van der Waals surface area contributed by atoms with Crippen LogP contribution < -0.4 is 24.8 Å². The Balaban J connectivity index is 2.15. The lowest BCUT2D eigenvalue weighted by molar-refractivity contribution is 0.347. The zero-order chi connectivity index (χ0) is 20.5. The van der Waals surface area contributed by atoms with Gasteiger partial charge in [-0.2, -0.15) is 0 Å². The number of hydrogen-bond acceptors (Lipinski definition) is 4. The second-order valence-electron chi connectivity index (χ2n) is 6.15. The van der Waals surface area contributed by atoms with E-state index < -0.39 is 0 Å². The molecule has 152 valence electrons. The lowest BCUT2D eigenvalue weighted by Gasteiger charge is -2.16. The van der Waals surface area contributed by atoms with Gasteiger partial charge in [0, 0.05) is 24.7 Å². The molecule has 6 nitrogen and oxygen atoms in total. The number of ether oxygens (including phenoxy) is 3. The van der Waals surface area contributed by atoms with E-state index in [0.29, 0.717) is 48.4 Å². The molecule has 0 saturated carbocycles. The average molecular weight is 389 g/mol. The van der Waals surface area contributed by atoms with Gasteiger partial charge in [-0.25, -0.2) is 9.38 Å². The highest BCUT2D eigenvalue weighted by Crippen LogP contribution is 2.34. The minimum absolute atomic E-state index is 0.222. The van der Waals surface area contributed by atoms with Gasteiger partial charge in [0.2, 0.25) is 0 Å². The summed E-state index contributed by atoms with van der Waals surface area (Å²) in [6.07, 6.45) is 0. The summed E-state index contributed by atoms with van der Waals surface area (Å²) in [5, 5.41) is 6.45. The van der Waals surface area contributed by atoms with E-state index in [0.717, 1.165) is 11.1 Å². The van der Waals surface area contributed by atoms with Crippen LogP contribution in [-0.4, -0.2) is 33.8 Å². The van der Waals surface area contributed by atoms with Crippen LogP contribution in [-0.2, 0) is 13.1 Å². The number of halogens is 1. The van der Waals surface area contributed by atoms with Crippen LogP contribution in [0.15, 0.2) is 35.3 Å². The van der Waals surface area contributed by atoms with Crippen LogP contribution in [0.25, 0.3) is 0 Å².